The van der Waals surface area contributed by atoms with E-state index in [1.165, 1.54) is 0 Å². The number of aromatic nitrogens is 1. The number of aryl methyl sites for hydroxylation is 1. The van der Waals surface area contributed by atoms with E-state index in [2.05, 4.69) is 15.9 Å². The summed E-state index contributed by atoms with van der Waals surface area (Å²) in [5.74, 6) is -0.705. The Balaban J connectivity index is 1.94. The number of nitrogens with zero attached hydrogens (tertiary/aromatic N) is 2. The lowest BCUT2D eigenvalue weighted by molar-refractivity contribution is -0.141. The van der Waals surface area contributed by atoms with Gasteiger partial charge in [0, 0.05) is 23.8 Å². The van der Waals surface area contributed by atoms with E-state index < -0.39 is 12.0 Å². The molecule has 3 atom stereocenters. The van der Waals surface area contributed by atoms with Crippen molar-refractivity contribution in [3.8, 4) is 0 Å². The normalized spacial score (nSPS) is 28.5. The van der Waals surface area contributed by atoms with Crippen molar-refractivity contribution in [3.63, 3.8) is 0 Å². The van der Waals surface area contributed by atoms with Crippen molar-refractivity contribution in [3.05, 3.63) is 22.4 Å². The number of carboxylic acids is 1. The molecule has 1 saturated carbocycles. The van der Waals surface area contributed by atoms with Crippen molar-refractivity contribution in [1.82, 2.24) is 9.47 Å². The van der Waals surface area contributed by atoms with Crippen LogP contribution in [0.25, 0.3) is 0 Å². The molecule has 0 spiro atoms. The van der Waals surface area contributed by atoms with Gasteiger partial charge in [-0.3, -0.25) is 4.79 Å². The lowest BCUT2D eigenvalue weighted by Crippen LogP contribution is -2.46. The maximum absolute atomic E-state index is 12.9. The Kier molecular flexibility index (Phi) is 3.82. The fourth-order valence-corrected chi connectivity index (χ4v) is 4.37. The standard InChI is InChI=1S/C15H19BrN2O3/c1-17-8-10(16)7-12(17)14(19)18-11-5-3-2-4-9(11)6-13(18)15(20)21/h7-9,11,13H,2-6H2,1H3,(H,20,21). The molecular weight excluding hydrogens is 336 g/mol. The summed E-state index contributed by atoms with van der Waals surface area (Å²) >= 11 is 3.36. The van der Waals surface area contributed by atoms with Gasteiger partial charge < -0.3 is 14.6 Å². The molecule has 1 amide bonds. The van der Waals surface area contributed by atoms with Crippen LogP contribution in [-0.2, 0) is 11.8 Å². The van der Waals surface area contributed by atoms with Gasteiger partial charge in [0.15, 0.2) is 0 Å². The summed E-state index contributed by atoms with van der Waals surface area (Å²) in [4.78, 5) is 26.1. The average molecular weight is 355 g/mol. The summed E-state index contributed by atoms with van der Waals surface area (Å²) < 4.78 is 2.58. The van der Waals surface area contributed by atoms with Crippen LogP contribution in [0.4, 0.5) is 0 Å². The lowest BCUT2D eigenvalue weighted by Gasteiger charge is -2.33. The Labute approximate surface area is 132 Å². The molecule has 6 heteroatoms. The van der Waals surface area contributed by atoms with Crippen LogP contribution < -0.4 is 0 Å². The fourth-order valence-electron chi connectivity index (χ4n) is 3.84. The van der Waals surface area contributed by atoms with E-state index in [0.29, 0.717) is 18.0 Å². The third-order valence-corrected chi connectivity index (χ3v) is 5.23. The van der Waals surface area contributed by atoms with Crippen LogP contribution >= 0.6 is 15.9 Å². The minimum atomic E-state index is -0.883. The zero-order chi connectivity index (χ0) is 15.1. The van der Waals surface area contributed by atoms with Crippen molar-refractivity contribution in [2.45, 2.75) is 44.2 Å². The predicted molar refractivity (Wildman–Crippen MR) is 81.1 cm³/mol. The van der Waals surface area contributed by atoms with Crippen LogP contribution in [0.2, 0.25) is 0 Å². The van der Waals surface area contributed by atoms with Crippen LogP contribution in [0.5, 0.6) is 0 Å². The van der Waals surface area contributed by atoms with E-state index in [4.69, 9.17) is 0 Å². The first-order chi connectivity index (χ1) is 9.99. The third kappa shape index (κ3) is 2.50. The van der Waals surface area contributed by atoms with Gasteiger partial charge in [-0.1, -0.05) is 12.8 Å². The number of likely N-dealkylation sites (tertiary alicyclic amines) is 1. The summed E-state index contributed by atoms with van der Waals surface area (Å²) in [5.41, 5.74) is 0.541. The predicted octanol–water partition coefficient (Wildman–Crippen LogP) is 2.65. The van der Waals surface area contributed by atoms with Gasteiger partial charge in [0.1, 0.15) is 11.7 Å². The number of carbonyl (C=O) groups excluding carboxylic acids is 1. The molecule has 3 rings (SSSR count). The molecule has 2 heterocycles. The number of aliphatic carboxylic acids is 1. The second kappa shape index (κ2) is 5.48. The number of fused-ring (bicyclic) bond motifs is 1. The molecular formula is C15H19BrN2O3. The van der Waals surface area contributed by atoms with Crippen molar-refractivity contribution in [2.24, 2.45) is 13.0 Å². The molecule has 1 N–H and O–H groups in total. The van der Waals surface area contributed by atoms with E-state index in [1.807, 2.05) is 13.2 Å². The highest BCUT2D eigenvalue weighted by atomic mass is 79.9. The maximum Gasteiger partial charge on any atom is 0.326 e. The average Bonchev–Trinajstić information content (AvgIpc) is 2.98. The highest BCUT2D eigenvalue weighted by Gasteiger charge is 2.48. The van der Waals surface area contributed by atoms with E-state index in [-0.39, 0.29) is 11.9 Å². The number of carbonyl (C=O) groups is 2. The van der Waals surface area contributed by atoms with Gasteiger partial charge in [-0.25, -0.2) is 4.79 Å². The molecule has 1 aromatic rings. The summed E-state index contributed by atoms with van der Waals surface area (Å²) in [5, 5.41) is 9.49. The number of rotatable bonds is 2. The van der Waals surface area contributed by atoms with Crippen LogP contribution in [0.15, 0.2) is 16.7 Å². The van der Waals surface area contributed by atoms with Gasteiger partial charge in [-0.15, -0.1) is 0 Å². The quantitative estimate of drug-likeness (QED) is 0.887. The van der Waals surface area contributed by atoms with E-state index in [9.17, 15) is 14.7 Å². The molecule has 5 nitrogen and oxygen atoms in total. The van der Waals surface area contributed by atoms with E-state index in [1.54, 1.807) is 15.5 Å². The Morgan fingerprint density at radius 3 is 2.67 bits per heavy atom. The number of halogens is 1. The summed E-state index contributed by atoms with van der Waals surface area (Å²) in [6.07, 6.45) is 6.59. The monoisotopic (exact) mass is 354 g/mol. The molecule has 2 aliphatic rings. The Bertz CT molecular complexity index is 583. The first-order valence-corrected chi connectivity index (χ1v) is 8.15. The van der Waals surface area contributed by atoms with Gasteiger partial charge >= 0.3 is 5.97 Å². The molecule has 2 fully saturated rings. The highest BCUT2D eigenvalue weighted by molar-refractivity contribution is 9.10. The molecule has 1 saturated heterocycles. The number of hydrogen-bond acceptors (Lipinski definition) is 2. The Morgan fingerprint density at radius 1 is 1.33 bits per heavy atom. The molecule has 0 aromatic carbocycles. The summed E-state index contributed by atoms with van der Waals surface area (Å²) in [7, 11) is 1.81. The molecule has 1 aliphatic carbocycles. The second-order valence-corrected chi connectivity index (χ2v) is 6.98. The number of amides is 1. The van der Waals surface area contributed by atoms with Crippen molar-refractivity contribution in [1.29, 1.82) is 0 Å². The largest absolute Gasteiger partial charge is 0.480 e. The molecule has 21 heavy (non-hydrogen) atoms. The zero-order valence-corrected chi connectivity index (χ0v) is 13.5. The smallest absolute Gasteiger partial charge is 0.326 e. The molecule has 1 aliphatic heterocycles. The van der Waals surface area contributed by atoms with Gasteiger partial charge in [0.05, 0.1) is 0 Å². The van der Waals surface area contributed by atoms with Crippen molar-refractivity contribution in [2.75, 3.05) is 0 Å². The molecule has 0 bridgehead atoms. The first-order valence-electron chi connectivity index (χ1n) is 7.36. The summed E-state index contributed by atoms with van der Waals surface area (Å²) in [6, 6.07) is 1.16. The highest BCUT2D eigenvalue weighted by Crippen LogP contribution is 2.40. The van der Waals surface area contributed by atoms with Gasteiger partial charge in [-0.2, -0.15) is 0 Å². The SMILES string of the molecule is Cn1cc(Br)cc1C(=O)N1C(C(=O)O)CC2CCCCC21. The molecule has 3 unspecified atom stereocenters. The maximum atomic E-state index is 12.9. The number of hydrogen-bond donors (Lipinski definition) is 1. The topological polar surface area (TPSA) is 62.5 Å². The van der Waals surface area contributed by atoms with Crippen molar-refractivity contribution >= 4 is 27.8 Å². The molecule has 0 radical (unpaired) electrons. The molecule has 114 valence electrons. The van der Waals surface area contributed by atoms with E-state index in [0.717, 1.165) is 30.2 Å². The van der Waals surface area contributed by atoms with Gasteiger partial charge in [0.2, 0.25) is 0 Å². The van der Waals surface area contributed by atoms with Gasteiger partial charge in [0.25, 0.3) is 5.91 Å². The molecule has 1 aromatic heterocycles. The van der Waals surface area contributed by atoms with Gasteiger partial charge in [-0.05, 0) is 47.2 Å². The second-order valence-electron chi connectivity index (χ2n) is 6.07. The Morgan fingerprint density at radius 2 is 2.05 bits per heavy atom. The number of carboxylic acid groups (broad SMARTS) is 1. The third-order valence-electron chi connectivity index (χ3n) is 4.80. The van der Waals surface area contributed by atoms with E-state index >= 15 is 0 Å². The lowest BCUT2D eigenvalue weighted by atomic mass is 9.84. The van der Waals surface area contributed by atoms with Crippen LogP contribution in [0.3, 0.4) is 0 Å². The minimum absolute atomic E-state index is 0.0843. The summed E-state index contributed by atoms with van der Waals surface area (Å²) in [6.45, 7) is 0. The van der Waals surface area contributed by atoms with Crippen molar-refractivity contribution < 1.29 is 14.7 Å². The minimum Gasteiger partial charge on any atom is -0.480 e. The fraction of sp³-hybridized carbons (Fsp3) is 0.600. The van der Waals surface area contributed by atoms with Crippen LogP contribution in [-0.4, -0.2) is 38.5 Å². The first kappa shape index (κ1) is 14.6. The zero-order valence-electron chi connectivity index (χ0n) is 12.0. The van der Waals surface area contributed by atoms with Crippen LogP contribution in [0, 0.1) is 5.92 Å². The Hall–Kier alpha value is -1.30. The van der Waals surface area contributed by atoms with Crippen LogP contribution in [0.1, 0.15) is 42.6 Å².